The number of hydrogen-bond donors (Lipinski definition) is 1. The lowest BCUT2D eigenvalue weighted by molar-refractivity contribution is 0.0619. The van der Waals surface area contributed by atoms with Crippen molar-refractivity contribution in [1.82, 2.24) is 9.55 Å². The van der Waals surface area contributed by atoms with Crippen LogP contribution in [0.2, 0.25) is 0 Å². The second kappa shape index (κ2) is 9.39. The van der Waals surface area contributed by atoms with Gasteiger partial charge in [-0.2, -0.15) is 0 Å². The number of ether oxygens (including phenoxy) is 1. The molecule has 2 aromatic heterocycles. The summed E-state index contributed by atoms with van der Waals surface area (Å²) < 4.78 is 45.8. The van der Waals surface area contributed by atoms with Gasteiger partial charge in [-0.05, 0) is 67.1 Å². The first-order valence-corrected chi connectivity index (χ1v) is 14.9. The quantitative estimate of drug-likeness (QED) is 0.379. The minimum atomic E-state index is -3.25. The number of aromatic nitrogens is 2. The van der Waals surface area contributed by atoms with Gasteiger partial charge in [0.15, 0.2) is 9.84 Å². The molecule has 7 nitrogen and oxygen atoms in total. The third-order valence-electron chi connectivity index (χ3n) is 7.76. The zero-order valence-electron chi connectivity index (χ0n) is 21.4. The summed E-state index contributed by atoms with van der Waals surface area (Å²) in [4.78, 5) is 18.2. The molecule has 0 aliphatic carbocycles. The van der Waals surface area contributed by atoms with Crippen LogP contribution in [0.25, 0.3) is 22.0 Å². The van der Waals surface area contributed by atoms with Gasteiger partial charge in [0.1, 0.15) is 11.3 Å². The number of H-pyrrole nitrogens is 1. The number of aryl methyl sites for hydroxylation is 1. The number of rotatable bonds is 5. The van der Waals surface area contributed by atoms with Crippen molar-refractivity contribution >= 4 is 32.1 Å². The van der Waals surface area contributed by atoms with Crippen molar-refractivity contribution in [3.63, 3.8) is 0 Å². The Morgan fingerprint density at radius 2 is 1.82 bits per heavy atom. The molecule has 198 valence electrons. The van der Waals surface area contributed by atoms with Crippen LogP contribution in [0.3, 0.4) is 0 Å². The van der Waals surface area contributed by atoms with Crippen LogP contribution < -0.4 is 10.5 Å². The number of pyridine rings is 1. The second-order valence-corrected chi connectivity index (χ2v) is 12.7. The lowest BCUT2D eigenvalue weighted by Gasteiger charge is -2.37. The van der Waals surface area contributed by atoms with Crippen LogP contribution in [0, 0.1) is 11.7 Å². The lowest BCUT2D eigenvalue weighted by atomic mass is 9.88. The summed E-state index contributed by atoms with van der Waals surface area (Å²) in [6, 6.07) is 12.1. The van der Waals surface area contributed by atoms with E-state index in [9.17, 15) is 17.6 Å². The molecule has 0 spiro atoms. The van der Waals surface area contributed by atoms with Crippen LogP contribution in [0.1, 0.15) is 36.4 Å². The van der Waals surface area contributed by atoms with Gasteiger partial charge in [-0.25, -0.2) is 12.8 Å². The van der Waals surface area contributed by atoms with Crippen molar-refractivity contribution in [2.75, 3.05) is 24.4 Å². The maximum absolute atomic E-state index is 14.0. The zero-order valence-corrected chi connectivity index (χ0v) is 22.2. The molecule has 0 bridgehead atoms. The van der Waals surface area contributed by atoms with Gasteiger partial charge in [-0.15, -0.1) is 0 Å². The van der Waals surface area contributed by atoms with E-state index >= 15 is 0 Å². The molecule has 1 saturated heterocycles. The van der Waals surface area contributed by atoms with Crippen molar-refractivity contribution in [3.8, 4) is 11.1 Å². The van der Waals surface area contributed by atoms with E-state index in [0.717, 1.165) is 65.9 Å². The Morgan fingerprint density at radius 1 is 1.08 bits per heavy atom. The predicted molar refractivity (Wildman–Crippen MR) is 147 cm³/mol. The zero-order chi connectivity index (χ0) is 26.6. The van der Waals surface area contributed by atoms with E-state index in [1.807, 2.05) is 42.2 Å². The van der Waals surface area contributed by atoms with Crippen molar-refractivity contribution in [2.24, 2.45) is 13.0 Å². The molecule has 9 heteroatoms. The number of hydrogen-bond acceptors (Lipinski definition) is 5. The Kier molecular flexibility index (Phi) is 6.15. The fraction of sp³-hybridized carbons (Fsp3) is 0.345. The highest BCUT2D eigenvalue weighted by molar-refractivity contribution is 7.89. The first-order chi connectivity index (χ1) is 18.2. The van der Waals surface area contributed by atoms with Gasteiger partial charge in [-0.3, -0.25) is 4.79 Å². The Balaban J connectivity index is 1.65. The van der Waals surface area contributed by atoms with Gasteiger partial charge in [0, 0.05) is 72.4 Å². The summed E-state index contributed by atoms with van der Waals surface area (Å²) in [6.45, 7) is 1.44. The molecule has 4 aromatic rings. The number of halogens is 1. The molecule has 0 radical (unpaired) electrons. The van der Waals surface area contributed by atoms with Crippen LogP contribution in [0.4, 0.5) is 15.8 Å². The molecule has 1 unspecified atom stereocenters. The summed E-state index contributed by atoms with van der Waals surface area (Å²) in [5, 5.41) is 0.871. The Hall–Kier alpha value is -3.43. The van der Waals surface area contributed by atoms with E-state index in [2.05, 4.69) is 9.88 Å². The number of aromatic amines is 1. The maximum Gasteiger partial charge on any atom is 0.272 e. The third-order valence-corrected chi connectivity index (χ3v) is 8.61. The molecular formula is C29H30FN3O4S. The van der Waals surface area contributed by atoms with Crippen LogP contribution >= 0.6 is 0 Å². The molecular weight excluding hydrogens is 505 g/mol. The largest absolute Gasteiger partial charge is 0.381 e. The van der Waals surface area contributed by atoms with Crippen molar-refractivity contribution in [1.29, 1.82) is 0 Å². The summed E-state index contributed by atoms with van der Waals surface area (Å²) in [5.74, 6) is 0.0149. The predicted octanol–water partition coefficient (Wildman–Crippen LogP) is 5.23. The standard InChI is InChI=1S/C29H30FN3O4S/c1-32-16-24-22-13-19(17-38(2,35)36)3-8-25(22)33(21-6-4-20(30)5-7-21)26(14-18-9-11-37-12-10-18)23-15-31-29(34)28(32)27(23)24/h3-8,13,15-16,18,26H,9-12,14,17H2,1-2H3,(H,31,34). The highest BCUT2D eigenvalue weighted by Crippen LogP contribution is 2.50. The van der Waals surface area contributed by atoms with Crippen molar-refractivity contribution < 1.29 is 17.5 Å². The molecule has 0 amide bonds. The minimum Gasteiger partial charge on any atom is -0.381 e. The Labute approximate surface area is 220 Å². The number of sulfone groups is 1. The number of nitrogens with zero attached hydrogens (tertiary/aromatic N) is 2. The van der Waals surface area contributed by atoms with Gasteiger partial charge in [-0.1, -0.05) is 6.07 Å². The highest BCUT2D eigenvalue weighted by Gasteiger charge is 2.35. The summed E-state index contributed by atoms with van der Waals surface area (Å²) >= 11 is 0. The summed E-state index contributed by atoms with van der Waals surface area (Å²) in [6.07, 6.45) is 7.71. The fourth-order valence-electron chi connectivity index (χ4n) is 6.10. The number of fused-ring (bicyclic) bond motifs is 2. The van der Waals surface area contributed by atoms with Crippen LogP contribution in [-0.2, 0) is 27.4 Å². The van der Waals surface area contributed by atoms with Crippen LogP contribution in [-0.4, -0.2) is 37.4 Å². The van der Waals surface area contributed by atoms with Gasteiger partial charge in [0.05, 0.1) is 11.8 Å². The van der Waals surface area contributed by atoms with E-state index in [0.29, 0.717) is 17.0 Å². The molecule has 1 fully saturated rings. The molecule has 38 heavy (non-hydrogen) atoms. The van der Waals surface area contributed by atoms with Gasteiger partial charge in [0.25, 0.3) is 5.56 Å². The number of anilines is 2. The Morgan fingerprint density at radius 3 is 2.53 bits per heavy atom. The van der Waals surface area contributed by atoms with Crippen LogP contribution in [0.15, 0.2) is 59.7 Å². The number of benzene rings is 2. The number of nitrogens with one attached hydrogen (secondary N) is 1. The first kappa shape index (κ1) is 24.9. The van der Waals surface area contributed by atoms with Crippen molar-refractivity contribution in [2.45, 2.75) is 31.1 Å². The Bertz CT molecular complexity index is 1690. The van der Waals surface area contributed by atoms with Crippen LogP contribution in [0.5, 0.6) is 0 Å². The topological polar surface area (TPSA) is 84.4 Å². The molecule has 1 N–H and O–H groups in total. The molecule has 0 saturated carbocycles. The average Bonchev–Trinajstić information content (AvgIpc) is 3.18. The molecule has 2 aliphatic rings. The normalized spacial score (nSPS) is 18.0. The molecule has 4 heterocycles. The van der Waals surface area contributed by atoms with Gasteiger partial charge >= 0.3 is 0 Å². The third kappa shape index (κ3) is 4.43. The lowest BCUT2D eigenvalue weighted by Crippen LogP contribution is -2.28. The maximum atomic E-state index is 14.0. The molecule has 1 atom stereocenters. The van der Waals surface area contributed by atoms with E-state index < -0.39 is 9.84 Å². The SMILES string of the molecule is Cn1cc2c3c(c[nH]c(=O)c31)C(CC1CCOCC1)N(c1ccc(F)cc1)c1ccc(CS(C)(=O)=O)cc1-2. The van der Waals surface area contributed by atoms with Gasteiger partial charge < -0.3 is 19.2 Å². The smallest absolute Gasteiger partial charge is 0.272 e. The van der Waals surface area contributed by atoms with E-state index in [-0.39, 0.29) is 23.2 Å². The van der Waals surface area contributed by atoms with E-state index in [1.54, 1.807) is 12.1 Å². The monoisotopic (exact) mass is 535 g/mol. The second-order valence-electron chi connectivity index (χ2n) is 10.5. The fourth-order valence-corrected chi connectivity index (χ4v) is 6.89. The summed E-state index contributed by atoms with van der Waals surface area (Å²) in [5.41, 5.74) is 5.53. The molecule has 2 aromatic carbocycles. The summed E-state index contributed by atoms with van der Waals surface area (Å²) in [7, 11) is -1.40. The molecule has 6 rings (SSSR count). The van der Waals surface area contributed by atoms with Gasteiger partial charge in [0.2, 0.25) is 0 Å². The first-order valence-electron chi connectivity index (χ1n) is 12.8. The minimum absolute atomic E-state index is 0.0828. The van der Waals surface area contributed by atoms with E-state index in [1.165, 1.54) is 18.4 Å². The average molecular weight is 536 g/mol. The highest BCUT2D eigenvalue weighted by atomic mass is 32.2. The molecule has 2 aliphatic heterocycles. The van der Waals surface area contributed by atoms with E-state index in [4.69, 9.17) is 4.74 Å². The van der Waals surface area contributed by atoms with Crippen molar-refractivity contribution in [3.05, 3.63) is 82.2 Å².